The van der Waals surface area contributed by atoms with E-state index in [4.69, 9.17) is 19.5 Å². The van der Waals surface area contributed by atoms with Gasteiger partial charge < -0.3 is 19.3 Å². The average molecular weight is 424 g/mol. The number of nitrogens with zero attached hydrogens (tertiary/aromatic N) is 1. The van der Waals surface area contributed by atoms with Crippen LogP contribution in [0.1, 0.15) is 61.4 Å². The Balaban J connectivity index is 1.52. The number of ether oxygens (including phenoxy) is 3. The number of rotatable bonds is 9. The fraction of sp³-hybridized carbons (Fsp3) is 0.440. The van der Waals surface area contributed by atoms with Gasteiger partial charge in [-0.25, -0.2) is 4.79 Å². The molecule has 0 amide bonds. The van der Waals surface area contributed by atoms with E-state index in [1.54, 1.807) is 48.5 Å². The molecule has 1 aliphatic rings. The maximum absolute atomic E-state index is 12.3. The second kappa shape index (κ2) is 11.5. The van der Waals surface area contributed by atoms with Gasteiger partial charge in [0.1, 0.15) is 11.5 Å². The second-order valence-corrected chi connectivity index (χ2v) is 7.89. The van der Waals surface area contributed by atoms with Gasteiger partial charge in [-0.15, -0.1) is 0 Å². The SMILES string of the molecule is CCCC(OCC1CCC(O)CC1)Oc1ccc(C(=O)Oc2ccc(C#N)cc2)cc1. The Bertz CT molecular complexity index is 864. The second-order valence-electron chi connectivity index (χ2n) is 7.89. The van der Waals surface area contributed by atoms with E-state index < -0.39 is 5.97 Å². The summed E-state index contributed by atoms with van der Waals surface area (Å²) in [5.74, 6) is 1.01. The third kappa shape index (κ3) is 7.09. The van der Waals surface area contributed by atoms with Crippen molar-refractivity contribution < 1.29 is 24.1 Å². The summed E-state index contributed by atoms with van der Waals surface area (Å²) in [6, 6.07) is 15.2. The summed E-state index contributed by atoms with van der Waals surface area (Å²) in [5.41, 5.74) is 0.914. The lowest BCUT2D eigenvalue weighted by molar-refractivity contribution is -0.101. The molecule has 2 aromatic carbocycles. The molecule has 1 saturated carbocycles. The van der Waals surface area contributed by atoms with Gasteiger partial charge in [0.05, 0.1) is 29.9 Å². The summed E-state index contributed by atoms with van der Waals surface area (Å²) in [6.07, 6.45) is 4.85. The van der Waals surface area contributed by atoms with Crippen LogP contribution in [-0.2, 0) is 4.74 Å². The van der Waals surface area contributed by atoms with Crippen molar-refractivity contribution in [3.8, 4) is 17.6 Å². The zero-order chi connectivity index (χ0) is 22.1. The molecule has 6 nitrogen and oxygen atoms in total. The minimum atomic E-state index is -0.475. The first-order valence-corrected chi connectivity index (χ1v) is 10.9. The predicted octanol–water partition coefficient (Wildman–Crippen LogP) is 4.85. The molecule has 2 aromatic rings. The maximum Gasteiger partial charge on any atom is 0.343 e. The van der Waals surface area contributed by atoms with E-state index in [0.29, 0.717) is 35.2 Å². The smallest absolute Gasteiger partial charge is 0.343 e. The van der Waals surface area contributed by atoms with Gasteiger partial charge in [0, 0.05) is 6.42 Å². The van der Waals surface area contributed by atoms with Crippen molar-refractivity contribution in [2.24, 2.45) is 5.92 Å². The topological polar surface area (TPSA) is 88.8 Å². The van der Waals surface area contributed by atoms with Crippen LogP contribution in [0, 0.1) is 17.2 Å². The van der Waals surface area contributed by atoms with Gasteiger partial charge in [-0.1, -0.05) is 13.3 Å². The Morgan fingerprint density at radius 3 is 2.32 bits per heavy atom. The molecule has 1 atom stereocenters. The quantitative estimate of drug-likeness (QED) is 0.352. The molecular weight excluding hydrogens is 394 g/mol. The van der Waals surface area contributed by atoms with Gasteiger partial charge in [-0.05, 0) is 80.1 Å². The fourth-order valence-electron chi connectivity index (χ4n) is 3.55. The van der Waals surface area contributed by atoms with Gasteiger partial charge in [0.25, 0.3) is 0 Å². The van der Waals surface area contributed by atoms with Crippen molar-refractivity contribution >= 4 is 5.97 Å². The Hall–Kier alpha value is -2.88. The van der Waals surface area contributed by atoms with Crippen LogP contribution in [0.15, 0.2) is 48.5 Å². The average Bonchev–Trinajstić information content (AvgIpc) is 2.79. The number of hydrogen-bond donors (Lipinski definition) is 1. The number of nitriles is 1. The summed E-state index contributed by atoms with van der Waals surface area (Å²) < 4.78 is 17.4. The van der Waals surface area contributed by atoms with Crippen molar-refractivity contribution in [2.75, 3.05) is 6.61 Å². The highest BCUT2D eigenvalue weighted by molar-refractivity contribution is 5.91. The third-order valence-corrected chi connectivity index (χ3v) is 5.41. The van der Waals surface area contributed by atoms with Gasteiger partial charge in [-0.3, -0.25) is 0 Å². The molecule has 1 aliphatic carbocycles. The van der Waals surface area contributed by atoms with E-state index in [1.165, 1.54) is 0 Å². The lowest BCUT2D eigenvalue weighted by Crippen LogP contribution is -2.27. The van der Waals surface area contributed by atoms with Crippen LogP contribution in [0.25, 0.3) is 0 Å². The predicted molar refractivity (Wildman–Crippen MR) is 116 cm³/mol. The van der Waals surface area contributed by atoms with Crippen LogP contribution in [0.3, 0.4) is 0 Å². The standard InChI is InChI=1S/C25H29NO5/c1-2-3-24(29-17-19-4-10-21(27)11-5-19)30-22-14-8-20(9-15-22)25(28)31-23-12-6-18(16-26)7-13-23/h6-9,12-15,19,21,24,27H,2-5,10-11,17H2,1H3. The van der Waals surface area contributed by atoms with E-state index in [2.05, 4.69) is 6.92 Å². The Morgan fingerprint density at radius 2 is 1.71 bits per heavy atom. The minimum absolute atomic E-state index is 0.166. The zero-order valence-corrected chi connectivity index (χ0v) is 17.8. The molecule has 1 N–H and O–H groups in total. The summed E-state index contributed by atoms with van der Waals surface area (Å²) in [4.78, 5) is 12.3. The van der Waals surface area contributed by atoms with E-state index in [-0.39, 0.29) is 12.4 Å². The van der Waals surface area contributed by atoms with E-state index in [1.807, 2.05) is 6.07 Å². The molecular formula is C25H29NO5. The first-order chi connectivity index (χ1) is 15.1. The number of benzene rings is 2. The van der Waals surface area contributed by atoms with Crippen LogP contribution in [0.4, 0.5) is 0 Å². The lowest BCUT2D eigenvalue weighted by atomic mass is 9.88. The first-order valence-electron chi connectivity index (χ1n) is 10.9. The monoisotopic (exact) mass is 423 g/mol. The molecule has 1 fully saturated rings. The van der Waals surface area contributed by atoms with E-state index >= 15 is 0 Å². The molecule has 6 heteroatoms. The Kier molecular flexibility index (Phi) is 8.45. The van der Waals surface area contributed by atoms with Gasteiger partial charge in [-0.2, -0.15) is 5.26 Å². The molecule has 0 aliphatic heterocycles. The third-order valence-electron chi connectivity index (χ3n) is 5.41. The minimum Gasteiger partial charge on any atom is -0.465 e. The highest BCUT2D eigenvalue weighted by Crippen LogP contribution is 2.25. The number of carbonyl (C=O) groups excluding carboxylic acids is 1. The summed E-state index contributed by atoms with van der Waals surface area (Å²) >= 11 is 0. The van der Waals surface area contributed by atoms with Crippen LogP contribution in [0.5, 0.6) is 11.5 Å². The molecule has 0 heterocycles. The molecule has 0 spiro atoms. The van der Waals surface area contributed by atoms with E-state index in [9.17, 15) is 9.90 Å². The van der Waals surface area contributed by atoms with Crippen molar-refractivity contribution in [2.45, 2.75) is 57.8 Å². The maximum atomic E-state index is 12.3. The van der Waals surface area contributed by atoms with E-state index in [0.717, 1.165) is 38.5 Å². The van der Waals surface area contributed by atoms with Gasteiger partial charge >= 0.3 is 5.97 Å². The van der Waals surface area contributed by atoms with Crippen LogP contribution >= 0.6 is 0 Å². The van der Waals surface area contributed by atoms with Crippen molar-refractivity contribution in [1.82, 2.24) is 0 Å². The van der Waals surface area contributed by atoms with Gasteiger partial charge in [0.2, 0.25) is 0 Å². The molecule has 1 unspecified atom stereocenters. The Morgan fingerprint density at radius 1 is 1.06 bits per heavy atom. The number of esters is 1. The van der Waals surface area contributed by atoms with Crippen molar-refractivity contribution in [3.05, 3.63) is 59.7 Å². The highest BCUT2D eigenvalue weighted by atomic mass is 16.7. The first kappa shape index (κ1) is 22.8. The zero-order valence-electron chi connectivity index (χ0n) is 17.8. The summed E-state index contributed by atoms with van der Waals surface area (Å²) in [5, 5.41) is 18.5. The molecule has 0 aromatic heterocycles. The Labute approximate surface area is 183 Å². The number of aliphatic hydroxyl groups excluding tert-OH is 1. The highest BCUT2D eigenvalue weighted by Gasteiger charge is 2.21. The van der Waals surface area contributed by atoms with Crippen LogP contribution in [-0.4, -0.2) is 30.1 Å². The normalized spacial score (nSPS) is 19.3. The van der Waals surface area contributed by atoms with Crippen molar-refractivity contribution in [3.63, 3.8) is 0 Å². The fourth-order valence-corrected chi connectivity index (χ4v) is 3.55. The van der Waals surface area contributed by atoms with Crippen LogP contribution < -0.4 is 9.47 Å². The van der Waals surface area contributed by atoms with Crippen molar-refractivity contribution in [1.29, 1.82) is 5.26 Å². The summed E-state index contributed by atoms with van der Waals surface area (Å²) in [6.45, 7) is 2.71. The van der Waals surface area contributed by atoms with Crippen LogP contribution in [0.2, 0.25) is 0 Å². The molecule has 31 heavy (non-hydrogen) atoms. The van der Waals surface area contributed by atoms with Gasteiger partial charge in [0.15, 0.2) is 6.29 Å². The number of aliphatic hydroxyl groups is 1. The molecule has 3 rings (SSSR count). The molecule has 0 saturated heterocycles. The molecule has 0 bridgehead atoms. The molecule has 0 radical (unpaired) electrons. The lowest BCUT2D eigenvalue weighted by Gasteiger charge is -2.27. The molecule has 164 valence electrons. The largest absolute Gasteiger partial charge is 0.465 e. The summed E-state index contributed by atoms with van der Waals surface area (Å²) in [7, 11) is 0. The number of carbonyl (C=O) groups is 1. The number of hydrogen-bond acceptors (Lipinski definition) is 6.